The lowest BCUT2D eigenvalue weighted by Crippen LogP contribution is -2.39. The topological polar surface area (TPSA) is 40.5 Å². The predicted octanol–water partition coefficient (Wildman–Crippen LogP) is 8.78. The van der Waals surface area contributed by atoms with Crippen molar-refractivity contribution in [3.05, 3.63) is 58.1 Å². The summed E-state index contributed by atoms with van der Waals surface area (Å²) >= 11 is 12.1. The normalized spacial score (nSPS) is 13.2. The lowest BCUT2D eigenvalue weighted by Gasteiger charge is -2.30. The fourth-order valence-corrected chi connectivity index (χ4v) is 4.33. The molecule has 0 fully saturated rings. The van der Waals surface area contributed by atoms with Crippen molar-refractivity contribution in [2.24, 2.45) is 0 Å². The molecular formula is C24H36Cl2F3NO2S. The maximum absolute atomic E-state index is 13.1. The van der Waals surface area contributed by atoms with E-state index in [0.717, 1.165) is 12.1 Å². The van der Waals surface area contributed by atoms with Gasteiger partial charge in [-0.2, -0.15) is 13.2 Å². The maximum Gasteiger partial charge on any atom is 0.421 e. The van der Waals surface area contributed by atoms with E-state index >= 15 is 0 Å². The van der Waals surface area contributed by atoms with Crippen LogP contribution in [0.4, 0.5) is 18.9 Å². The van der Waals surface area contributed by atoms with Crippen LogP contribution in [0.3, 0.4) is 0 Å². The zero-order valence-corrected chi connectivity index (χ0v) is 23.0. The molecule has 1 N–H and O–H groups in total. The number of nitrogens with zero attached hydrogens (tertiary/aromatic N) is 1. The van der Waals surface area contributed by atoms with Crippen LogP contribution in [0.25, 0.3) is 0 Å². The molecular weight excluding hydrogens is 494 g/mol. The average Bonchev–Trinajstić information content (AvgIpc) is 2.79. The van der Waals surface area contributed by atoms with Gasteiger partial charge in [-0.1, -0.05) is 82.9 Å². The summed E-state index contributed by atoms with van der Waals surface area (Å²) < 4.78 is 53.6. The van der Waals surface area contributed by atoms with E-state index in [9.17, 15) is 22.5 Å². The van der Waals surface area contributed by atoms with Crippen molar-refractivity contribution in [3.63, 3.8) is 0 Å². The second-order valence-electron chi connectivity index (χ2n) is 6.34. The van der Waals surface area contributed by atoms with Crippen molar-refractivity contribution in [1.82, 2.24) is 0 Å². The van der Waals surface area contributed by atoms with E-state index < -0.39 is 22.8 Å². The molecule has 0 heterocycles. The van der Waals surface area contributed by atoms with Gasteiger partial charge in [0.2, 0.25) is 0 Å². The number of alkyl halides is 3. The van der Waals surface area contributed by atoms with Crippen LogP contribution in [0.15, 0.2) is 47.4 Å². The molecule has 2 rings (SSSR count). The van der Waals surface area contributed by atoms with Crippen LogP contribution >= 0.6 is 23.2 Å². The third-order valence-corrected chi connectivity index (χ3v) is 6.63. The summed E-state index contributed by atoms with van der Waals surface area (Å²) in [6.07, 6.45) is -4.82. The number of halogens is 5. The molecule has 0 saturated carbocycles. The molecule has 2 atom stereocenters. The van der Waals surface area contributed by atoms with Crippen LogP contribution < -0.4 is 4.31 Å². The summed E-state index contributed by atoms with van der Waals surface area (Å²) in [5.41, 5.74) is -2.88. The summed E-state index contributed by atoms with van der Waals surface area (Å²) in [5, 5.41) is 10.2. The van der Waals surface area contributed by atoms with E-state index in [-0.39, 0.29) is 21.7 Å². The van der Waals surface area contributed by atoms with Gasteiger partial charge in [0, 0.05) is 11.7 Å². The van der Waals surface area contributed by atoms with Crippen molar-refractivity contribution in [2.75, 3.05) is 4.31 Å². The Morgan fingerprint density at radius 3 is 1.76 bits per heavy atom. The Balaban J connectivity index is 0. The van der Waals surface area contributed by atoms with E-state index in [0.29, 0.717) is 17.5 Å². The van der Waals surface area contributed by atoms with Crippen LogP contribution in [-0.2, 0) is 16.6 Å². The number of rotatable bonds is 5. The SMILES string of the molecule is CC.CC.CC.CC(C)N(c1ccc(C(C)(O)C(F)(F)F)cc1)S(=O)c1cccc(Cl)c1Cl. The van der Waals surface area contributed by atoms with Crippen molar-refractivity contribution < 1.29 is 22.5 Å². The lowest BCUT2D eigenvalue weighted by molar-refractivity contribution is -0.258. The monoisotopic (exact) mass is 529 g/mol. The number of hydrogen-bond donors (Lipinski definition) is 1. The Bertz CT molecular complexity index is 843. The maximum atomic E-state index is 13.1. The number of benzene rings is 2. The Labute approximate surface area is 209 Å². The van der Waals surface area contributed by atoms with Gasteiger partial charge in [0.25, 0.3) is 0 Å². The zero-order valence-electron chi connectivity index (χ0n) is 20.7. The second-order valence-corrected chi connectivity index (χ2v) is 8.45. The minimum Gasteiger partial charge on any atom is -0.376 e. The van der Waals surface area contributed by atoms with Gasteiger partial charge >= 0.3 is 6.18 Å². The van der Waals surface area contributed by atoms with Crippen molar-refractivity contribution >= 4 is 39.9 Å². The highest BCUT2D eigenvalue weighted by molar-refractivity contribution is 7.86. The molecule has 190 valence electrons. The van der Waals surface area contributed by atoms with Crippen LogP contribution in [-0.4, -0.2) is 21.5 Å². The summed E-state index contributed by atoms with van der Waals surface area (Å²) in [5.74, 6) is 0. The molecule has 0 bridgehead atoms. The van der Waals surface area contributed by atoms with Gasteiger partial charge in [-0.15, -0.1) is 0 Å². The molecule has 0 amide bonds. The molecule has 0 aliphatic rings. The highest BCUT2D eigenvalue weighted by Gasteiger charge is 2.51. The molecule has 0 spiro atoms. The fourth-order valence-electron chi connectivity index (χ4n) is 2.41. The van der Waals surface area contributed by atoms with Gasteiger partial charge in [-0.25, -0.2) is 4.21 Å². The van der Waals surface area contributed by atoms with Crippen molar-refractivity contribution in [1.29, 1.82) is 0 Å². The molecule has 3 nitrogen and oxygen atoms in total. The van der Waals surface area contributed by atoms with E-state index in [1.54, 1.807) is 32.0 Å². The molecule has 0 aromatic heterocycles. The average molecular weight is 531 g/mol. The molecule has 2 aromatic rings. The first kappa shape index (κ1) is 33.9. The molecule has 0 aliphatic heterocycles. The van der Waals surface area contributed by atoms with Gasteiger partial charge in [0.05, 0.1) is 14.9 Å². The third kappa shape index (κ3) is 8.78. The predicted molar refractivity (Wildman–Crippen MR) is 137 cm³/mol. The van der Waals surface area contributed by atoms with Crippen molar-refractivity contribution in [3.8, 4) is 0 Å². The number of anilines is 1. The minimum absolute atomic E-state index is 0.153. The molecule has 2 unspecified atom stereocenters. The Kier molecular flexibility index (Phi) is 16.0. The summed E-state index contributed by atoms with van der Waals surface area (Å²) in [4.78, 5) is 0.296. The van der Waals surface area contributed by atoms with E-state index in [2.05, 4.69) is 0 Å². The first-order valence-corrected chi connectivity index (χ1v) is 12.8. The smallest absolute Gasteiger partial charge is 0.376 e. The summed E-state index contributed by atoms with van der Waals surface area (Å²) in [7, 11) is -1.74. The van der Waals surface area contributed by atoms with Gasteiger partial charge in [-0.3, -0.25) is 4.31 Å². The van der Waals surface area contributed by atoms with Crippen LogP contribution in [0.1, 0.15) is 67.9 Å². The largest absolute Gasteiger partial charge is 0.421 e. The van der Waals surface area contributed by atoms with Gasteiger partial charge in [0.15, 0.2) is 16.6 Å². The lowest BCUT2D eigenvalue weighted by atomic mass is 9.95. The molecule has 0 aliphatic carbocycles. The Morgan fingerprint density at radius 1 is 0.909 bits per heavy atom. The number of hydrogen-bond acceptors (Lipinski definition) is 2. The first-order valence-electron chi connectivity index (χ1n) is 10.9. The van der Waals surface area contributed by atoms with Crippen LogP contribution in [0, 0.1) is 0 Å². The quantitative estimate of drug-likeness (QED) is 0.420. The van der Waals surface area contributed by atoms with E-state index in [1.165, 1.54) is 16.4 Å². The number of aliphatic hydroxyl groups is 1. The Hall–Kier alpha value is -1.28. The highest BCUT2D eigenvalue weighted by Crippen LogP contribution is 2.39. The van der Waals surface area contributed by atoms with Gasteiger partial charge in [0.1, 0.15) is 0 Å². The fraction of sp³-hybridized carbons (Fsp3) is 0.500. The molecule has 0 saturated heterocycles. The molecule has 33 heavy (non-hydrogen) atoms. The zero-order chi connectivity index (χ0) is 26.6. The molecule has 0 radical (unpaired) electrons. The van der Waals surface area contributed by atoms with Gasteiger partial charge in [-0.05, 0) is 50.6 Å². The van der Waals surface area contributed by atoms with Crippen LogP contribution in [0.2, 0.25) is 10.0 Å². The van der Waals surface area contributed by atoms with Crippen molar-refractivity contribution in [2.45, 2.75) is 85.0 Å². The summed E-state index contributed by atoms with van der Waals surface area (Å²) in [6.45, 7) is 16.3. The standard InChI is InChI=1S/C18H18Cl2F3NO2S.3C2H6/c1-11(2)24(27(26)15-6-4-5-14(19)16(15)20)13-9-7-12(8-10-13)17(3,25)18(21,22)23;3*1-2/h4-11,25H,1-3H3;3*1-2H3. The second kappa shape index (κ2) is 15.6. The molecule has 9 heteroatoms. The Morgan fingerprint density at radius 2 is 1.36 bits per heavy atom. The van der Waals surface area contributed by atoms with E-state index in [1.807, 2.05) is 41.5 Å². The summed E-state index contributed by atoms with van der Waals surface area (Å²) in [6, 6.07) is 9.58. The first-order chi connectivity index (χ1) is 15.4. The third-order valence-electron chi connectivity index (χ3n) is 3.99. The van der Waals surface area contributed by atoms with Gasteiger partial charge < -0.3 is 5.11 Å². The molecule has 2 aromatic carbocycles. The highest BCUT2D eigenvalue weighted by atomic mass is 35.5. The van der Waals surface area contributed by atoms with Crippen LogP contribution in [0.5, 0.6) is 0 Å². The van der Waals surface area contributed by atoms with E-state index in [4.69, 9.17) is 23.2 Å². The minimum atomic E-state index is -4.82.